The predicted octanol–water partition coefficient (Wildman–Crippen LogP) is 3.34. The van der Waals surface area contributed by atoms with Gasteiger partial charge in [0.15, 0.2) is 0 Å². The lowest BCUT2D eigenvalue weighted by Crippen LogP contribution is -2.01. The molecule has 1 nitrogen and oxygen atoms in total. The van der Waals surface area contributed by atoms with Gasteiger partial charge in [0.25, 0.3) is 0 Å². The van der Waals surface area contributed by atoms with Crippen molar-refractivity contribution in [1.29, 1.82) is 0 Å². The van der Waals surface area contributed by atoms with Crippen molar-refractivity contribution in [2.24, 2.45) is 0 Å². The molecule has 1 rings (SSSR count). The van der Waals surface area contributed by atoms with Crippen LogP contribution in [0.15, 0.2) is 18.2 Å². The molecule has 0 N–H and O–H groups in total. The molecule has 0 bridgehead atoms. The molecular formula is C11H14IO-. The topological polar surface area (TPSA) is 23.1 Å². The molecule has 1 aromatic rings. The van der Waals surface area contributed by atoms with Crippen LogP contribution in [0.4, 0.5) is 0 Å². The fourth-order valence-electron chi connectivity index (χ4n) is 1.33. The van der Waals surface area contributed by atoms with E-state index in [1.165, 1.54) is 0 Å². The molecule has 0 amide bonds. The van der Waals surface area contributed by atoms with Gasteiger partial charge in [0.05, 0.1) is 0 Å². The Morgan fingerprint density at radius 2 is 2.15 bits per heavy atom. The van der Waals surface area contributed by atoms with E-state index in [1.54, 1.807) is 0 Å². The van der Waals surface area contributed by atoms with E-state index in [2.05, 4.69) is 29.5 Å². The molecule has 0 fully saturated rings. The first-order valence-corrected chi connectivity index (χ1v) is 5.82. The maximum Gasteiger partial charge on any atom is 0.0353 e. The van der Waals surface area contributed by atoms with Crippen LogP contribution in [0, 0.1) is 6.92 Å². The average Bonchev–Trinajstić information content (AvgIpc) is 2.10. The Balaban J connectivity index is 2.93. The number of para-hydroxylation sites is 1. The Morgan fingerprint density at radius 1 is 1.46 bits per heavy atom. The molecule has 0 heterocycles. The monoisotopic (exact) mass is 289 g/mol. The van der Waals surface area contributed by atoms with E-state index in [0.29, 0.717) is 3.92 Å². The highest BCUT2D eigenvalue weighted by Crippen LogP contribution is 2.34. The molecule has 0 aromatic heterocycles. The van der Waals surface area contributed by atoms with Crippen LogP contribution in [0.1, 0.15) is 34.8 Å². The number of benzene rings is 1. The van der Waals surface area contributed by atoms with Crippen LogP contribution < -0.4 is 5.11 Å². The number of aryl methyl sites for hydroxylation is 1. The highest BCUT2D eigenvalue weighted by molar-refractivity contribution is 14.1. The Kier molecular flexibility index (Phi) is 4.03. The zero-order valence-corrected chi connectivity index (χ0v) is 10.2. The normalized spacial score (nSPS) is 12.8. The van der Waals surface area contributed by atoms with Gasteiger partial charge in [0, 0.05) is 3.92 Å². The van der Waals surface area contributed by atoms with Crippen LogP contribution in [-0.4, -0.2) is 0 Å². The number of rotatable bonds is 3. The van der Waals surface area contributed by atoms with E-state index in [1.807, 2.05) is 25.1 Å². The summed E-state index contributed by atoms with van der Waals surface area (Å²) < 4.78 is 0.370. The van der Waals surface area contributed by atoms with Crippen LogP contribution >= 0.6 is 22.6 Å². The van der Waals surface area contributed by atoms with Gasteiger partial charge in [-0.3, -0.25) is 0 Å². The van der Waals surface area contributed by atoms with Crippen LogP contribution in [0.3, 0.4) is 0 Å². The van der Waals surface area contributed by atoms with Gasteiger partial charge in [-0.05, 0) is 18.9 Å². The molecule has 1 unspecified atom stereocenters. The molecule has 72 valence electrons. The second-order valence-electron chi connectivity index (χ2n) is 3.25. The SMILES string of the molecule is CCCC(I)c1cccc(C)c1[O-]. The molecule has 0 aliphatic carbocycles. The smallest absolute Gasteiger partial charge is 0.0353 e. The maximum absolute atomic E-state index is 11.7. The van der Waals surface area contributed by atoms with E-state index in [4.69, 9.17) is 0 Å². The summed E-state index contributed by atoms with van der Waals surface area (Å²) in [6, 6.07) is 5.79. The van der Waals surface area contributed by atoms with E-state index in [-0.39, 0.29) is 5.75 Å². The Labute approximate surface area is 93.3 Å². The summed E-state index contributed by atoms with van der Waals surface area (Å²) >= 11 is 2.35. The summed E-state index contributed by atoms with van der Waals surface area (Å²) in [6.45, 7) is 4.02. The number of hydrogen-bond donors (Lipinski definition) is 0. The molecular weight excluding hydrogens is 275 g/mol. The summed E-state index contributed by atoms with van der Waals surface area (Å²) in [4.78, 5) is 0. The maximum atomic E-state index is 11.7. The first kappa shape index (κ1) is 10.8. The van der Waals surface area contributed by atoms with Gasteiger partial charge in [-0.1, -0.05) is 59.7 Å². The molecule has 0 spiro atoms. The van der Waals surface area contributed by atoms with Crippen molar-refractivity contribution in [3.63, 3.8) is 0 Å². The molecule has 13 heavy (non-hydrogen) atoms. The van der Waals surface area contributed by atoms with E-state index in [9.17, 15) is 5.11 Å². The largest absolute Gasteiger partial charge is 0.872 e. The molecule has 1 aromatic carbocycles. The molecule has 1 atom stereocenters. The first-order valence-electron chi connectivity index (χ1n) is 4.57. The highest BCUT2D eigenvalue weighted by Gasteiger charge is 2.06. The van der Waals surface area contributed by atoms with Gasteiger partial charge < -0.3 is 5.11 Å². The second-order valence-corrected chi connectivity index (χ2v) is 4.75. The zero-order valence-electron chi connectivity index (χ0n) is 8.01. The Bertz CT molecular complexity index is 283. The average molecular weight is 289 g/mol. The van der Waals surface area contributed by atoms with Gasteiger partial charge in [0.1, 0.15) is 0 Å². The van der Waals surface area contributed by atoms with Crippen LogP contribution in [0.25, 0.3) is 0 Å². The van der Waals surface area contributed by atoms with Gasteiger partial charge >= 0.3 is 0 Å². The lowest BCUT2D eigenvalue weighted by Gasteiger charge is -2.20. The van der Waals surface area contributed by atoms with Crippen molar-refractivity contribution < 1.29 is 5.11 Å². The third kappa shape index (κ3) is 2.59. The molecule has 0 aliphatic rings. The van der Waals surface area contributed by atoms with Crippen molar-refractivity contribution >= 4 is 22.6 Å². The molecule has 0 aliphatic heterocycles. The van der Waals surface area contributed by atoms with Crippen molar-refractivity contribution in [3.8, 4) is 5.75 Å². The first-order chi connectivity index (χ1) is 6.16. The minimum Gasteiger partial charge on any atom is -0.872 e. The van der Waals surface area contributed by atoms with E-state index < -0.39 is 0 Å². The Morgan fingerprint density at radius 3 is 2.77 bits per heavy atom. The lowest BCUT2D eigenvalue weighted by atomic mass is 10.0. The molecule has 0 radical (unpaired) electrons. The number of halogens is 1. The van der Waals surface area contributed by atoms with Crippen LogP contribution in [0.5, 0.6) is 5.75 Å². The van der Waals surface area contributed by atoms with Crippen molar-refractivity contribution in [1.82, 2.24) is 0 Å². The Hall–Kier alpha value is -0.250. The second kappa shape index (κ2) is 4.84. The minimum absolute atomic E-state index is 0.218. The van der Waals surface area contributed by atoms with Crippen molar-refractivity contribution in [2.75, 3.05) is 0 Å². The van der Waals surface area contributed by atoms with E-state index >= 15 is 0 Å². The summed E-state index contributed by atoms with van der Waals surface area (Å²) in [6.07, 6.45) is 2.21. The van der Waals surface area contributed by atoms with Crippen LogP contribution in [-0.2, 0) is 0 Å². The van der Waals surface area contributed by atoms with Gasteiger partial charge in [-0.15, -0.1) is 5.75 Å². The fourth-order valence-corrected chi connectivity index (χ4v) is 2.44. The van der Waals surface area contributed by atoms with Gasteiger partial charge in [-0.25, -0.2) is 0 Å². The zero-order chi connectivity index (χ0) is 9.84. The fraction of sp³-hybridized carbons (Fsp3) is 0.455. The molecule has 0 saturated carbocycles. The molecule has 2 heteroatoms. The number of alkyl halides is 1. The standard InChI is InChI=1S/C11H15IO/c1-3-5-10(12)9-7-4-6-8(2)11(9)13/h4,6-7,10,13H,3,5H2,1-2H3/p-1. The van der Waals surface area contributed by atoms with Crippen molar-refractivity contribution in [2.45, 2.75) is 30.6 Å². The minimum atomic E-state index is 0.218. The lowest BCUT2D eigenvalue weighted by molar-refractivity contribution is -0.270. The van der Waals surface area contributed by atoms with Gasteiger partial charge in [0.2, 0.25) is 0 Å². The predicted molar refractivity (Wildman–Crippen MR) is 62.3 cm³/mol. The van der Waals surface area contributed by atoms with Crippen molar-refractivity contribution in [3.05, 3.63) is 29.3 Å². The summed E-state index contributed by atoms with van der Waals surface area (Å²) in [7, 11) is 0. The van der Waals surface area contributed by atoms with Crippen LogP contribution in [0.2, 0.25) is 0 Å². The number of hydrogen-bond acceptors (Lipinski definition) is 1. The van der Waals surface area contributed by atoms with Gasteiger partial charge in [-0.2, -0.15) is 0 Å². The molecule has 0 saturated heterocycles. The quantitative estimate of drug-likeness (QED) is 0.618. The highest BCUT2D eigenvalue weighted by atomic mass is 127. The third-order valence-corrected chi connectivity index (χ3v) is 3.42. The summed E-state index contributed by atoms with van der Waals surface area (Å²) in [5.41, 5.74) is 1.82. The van der Waals surface area contributed by atoms with E-state index in [0.717, 1.165) is 24.0 Å². The summed E-state index contributed by atoms with van der Waals surface area (Å²) in [5.74, 6) is 0.218. The summed E-state index contributed by atoms with van der Waals surface area (Å²) in [5, 5.41) is 11.7. The third-order valence-electron chi connectivity index (χ3n) is 2.12.